The van der Waals surface area contributed by atoms with Gasteiger partial charge in [0.05, 0.1) is 16.7 Å². The quantitative estimate of drug-likeness (QED) is 0.821. The van der Waals surface area contributed by atoms with Crippen molar-refractivity contribution in [2.75, 3.05) is 0 Å². The van der Waals surface area contributed by atoms with E-state index in [1.807, 2.05) is 17.1 Å². The Hall–Kier alpha value is -0.350. The predicted octanol–water partition coefficient (Wildman–Crippen LogP) is 2.09. The minimum Gasteiger partial charge on any atom is -0.328 e. The van der Waals surface area contributed by atoms with Crippen molar-refractivity contribution in [3.63, 3.8) is 0 Å². The van der Waals surface area contributed by atoms with Gasteiger partial charge in [-0.15, -0.1) is 0 Å². The van der Waals surface area contributed by atoms with Crippen LogP contribution in [0.3, 0.4) is 0 Å². The summed E-state index contributed by atoms with van der Waals surface area (Å²) in [5.41, 5.74) is 5.92. The molecular weight excluding hydrogens is 230 g/mol. The molecule has 1 aliphatic carbocycles. The van der Waals surface area contributed by atoms with Gasteiger partial charge in [-0.1, -0.05) is 0 Å². The van der Waals surface area contributed by atoms with E-state index in [-0.39, 0.29) is 0 Å². The average Bonchev–Trinajstić information content (AvgIpc) is 2.52. The van der Waals surface area contributed by atoms with Gasteiger partial charge in [0, 0.05) is 12.2 Å². The largest absolute Gasteiger partial charge is 0.328 e. The average molecular weight is 244 g/mol. The fraction of sp³-hybridized carbons (Fsp3) is 0.667. The van der Waals surface area contributed by atoms with Crippen LogP contribution in [0.5, 0.6) is 0 Å². The normalized spacial score (nSPS) is 29.1. The minimum absolute atomic E-state index is 0.363. The van der Waals surface area contributed by atoms with E-state index < -0.39 is 0 Å². The summed E-state index contributed by atoms with van der Waals surface area (Å²) in [4.78, 5) is 0. The van der Waals surface area contributed by atoms with Gasteiger partial charge in [0.25, 0.3) is 0 Å². The SMILES string of the molecule is N[C@@H]1CCC[C@@H](n2cc(Br)cn2)C1. The number of nitrogens with zero attached hydrogens (tertiary/aromatic N) is 2. The number of halogens is 1. The molecule has 72 valence electrons. The summed E-state index contributed by atoms with van der Waals surface area (Å²) in [5.74, 6) is 0. The molecule has 0 amide bonds. The molecule has 13 heavy (non-hydrogen) atoms. The molecule has 0 saturated heterocycles. The van der Waals surface area contributed by atoms with Crippen LogP contribution in [0.25, 0.3) is 0 Å². The van der Waals surface area contributed by atoms with Gasteiger partial charge >= 0.3 is 0 Å². The first-order chi connectivity index (χ1) is 6.25. The first kappa shape index (κ1) is 9.21. The fourth-order valence-electron chi connectivity index (χ4n) is 1.96. The summed E-state index contributed by atoms with van der Waals surface area (Å²) < 4.78 is 3.08. The zero-order valence-corrected chi connectivity index (χ0v) is 9.07. The number of aromatic nitrogens is 2. The van der Waals surface area contributed by atoms with Gasteiger partial charge in [0.1, 0.15) is 0 Å². The lowest BCUT2D eigenvalue weighted by molar-refractivity contribution is 0.300. The van der Waals surface area contributed by atoms with E-state index in [0.29, 0.717) is 12.1 Å². The second kappa shape index (κ2) is 3.80. The van der Waals surface area contributed by atoms with Crippen LogP contribution in [0.2, 0.25) is 0 Å². The second-order valence-corrected chi connectivity index (χ2v) is 4.63. The Morgan fingerprint density at radius 1 is 1.54 bits per heavy atom. The minimum atomic E-state index is 0.363. The van der Waals surface area contributed by atoms with Gasteiger partial charge in [0.2, 0.25) is 0 Å². The van der Waals surface area contributed by atoms with Crippen molar-refractivity contribution in [2.24, 2.45) is 5.73 Å². The van der Waals surface area contributed by atoms with Gasteiger partial charge < -0.3 is 5.73 Å². The van der Waals surface area contributed by atoms with Crippen LogP contribution in [-0.2, 0) is 0 Å². The molecule has 0 aromatic carbocycles. The van der Waals surface area contributed by atoms with Gasteiger partial charge in [0.15, 0.2) is 0 Å². The summed E-state index contributed by atoms with van der Waals surface area (Å²) >= 11 is 3.40. The lowest BCUT2D eigenvalue weighted by Gasteiger charge is -2.26. The van der Waals surface area contributed by atoms with E-state index in [1.54, 1.807) is 0 Å². The van der Waals surface area contributed by atoms with Crippen molar-refractivity contribution in [1.82, 2.24) is 9.78 Å². The van der Waals surface area contributed by atoms with Crippen LogP contribution < -0.4 is 5.73 Å². The summed E-state index contributed by atoms with van der Waals surface area (Å²) in [6.07, 6.45) is 8.53. The maximum atomic E-state index is 5.92. The van der Waals surface area contributed by atoms with E-state index >= 15 is 0 Å². The lowest BCUT2D eigenvalue weighted by atomic mass is 9.92. The third-order valence-electron chi connectivity index (χ3n) is 2.63. The summed E-state index contributed by atoms with van der Waals surface area (Å²) in [5, 5.41) is 4.29. The smallest absolute Gasteiger partial charge is 0.0632 e. The molecule has 2 rings (SSSR count). The summed E-state index contributed by atoms with van der Waals surface area (Å²) in [6, 6.07) is 0.872. The van der Waals surface area contributed by atoms with Gasteiger partial charge in [-0.05, 0) is 41.6 Å². The fourth-order valence-corrected chi connectivity index (χ4v) is 2.26. The molecule has 1 aliphatic rings. The Labute approximate surface area is 86.4 Å². The highest BCUT2D eigenvalue weighted by Gasteiger charge is 2.20. The molecule has 0 unspecified atom stereocenters. The molecule has 2 N–H and O–H groups in total. The third-order valence-corrected chi connectivity index (χ3v) is 3.04. The van der Waals surface area contributed by atoms with Crippen molar-refractivity contribution in [3.8, 4) is 0 Å². The number of rotatable bonds is 1. The Morgan fingerprint density at radius 2 is 2.38 bits per heavy atom. The van der Waals surface area contributed by atoms with Crippen LogP contribution in [0.15, 0.2) is 16.9 Å². The zero-order chi connectivity index (χ0) is 9.26. The first-order valence-corrected chi connectivity index (χ1v) is 5.50. The summed E-state index contributed by atoms with van der Waals surface area (Å²) in [7, 11) is 0. The van der Waals surface area contributed by atoms with Gasteiger partial charge in [-0.2, -0.15) is 5.10 Å². The lowest BCUT2D eigenvalue weighted by Crippen LogP contribution is -2.29. The van der Waals surface area contributed by atoms with E-state index in [9.17, 15) is 0 Å². The standard InChI is InChI=1S/C9H14BrN3/c10-7-5-12-13(6-7)9-3-1-2-8(11)4-9/h5-6,8-9H,1-4,11H2/t8-,9-/m1/s1. The molecule has 0 bridgehead atoms. The van der Waals surface area contributed by atoms with Crippen LogP contribution in [-0.4, -0.2) is 15.8 Å². The monoisotopic (exact) mass is 243 g/mol. The Bertz CT molecular complexity index is 284. The predicted molar refractivity (Wildman–Crippen MR) is 55.4 cm³/mol. The van der Waals surface area contributed by atoms with Crippen LogP contribution in [0, 0.1) is 0 Å². The second-order valence-electron chi connectivity index (χ2n) is 3.72. The van der Waals surface area contributed by atoms with Gasteiger partial charge in [-0.25, -0.2) is 0 Å². The van der Waals surface area contributed by atoms with E-state index in [0.717, 1.165) is 10.9 Å². The highest BCUT2D eigenvalue weighted by Crippen LogP contribution is 2.27. The van der Waals surface area contributed by atoms with Crippen molar-refractivity contribution in [1.29, 1.82) is 0 Å². The maximum absolute atomic E-state index is 5.92. The molecule has 3 nitrogen and oxygen atoms in total. The highest BCUT2D eigenvalue weighted by molar-refractivity contribution is 9.10. The maximum Gasteiger partial charge on any atom is 0.0632 e. The molecule has 1 saturated carbocycles. The molecule has 1 heterocycles. The van der Waals surface area contributed by atoms with Crippen molar-refractivity contribution < 1.29 is 0 Å². The van der Waals surface area contributed by atoms with Crippen molar-refractivity contribution in [3.05, 3.63) is 16.9 Å². The topological polar surface area (TPSA) is 43.8 Å². The molecule has 1 fully saturated rings. The van der Waals surface area contributed by atoms with E-state index in [1.165, 1.54) is 19.3 Å². The van der Waals surface area contributed by atoms with Gasteiger partial charge in [-0.3, -0.25) is 4.68 Å². The van der Waals surface area contributed by atoms with E-state index in [2.05, 4.69) is 21.0 Å². The van der Waals surface area contributed by atoms with Crippen LogP contribution in [0.4, 0.5) is 0 Å². The first-order valence-electron chi connectivity index (χ1n) is 4.71. The molecule has 1 aromatic heterocycles. The van der Waals surface area contributed by atoms with Crippen LogP contribution in [0.1, 0.15) is 31.7 Å². The van der Waals surface area contributed by atoms with Crippen molar-refractivity contribution in [2.45, 2.75) is 37.8 Å². The molecule has 0 radical (unpaired) electrons. The molecule has 0 spiro atoms. The van der Waals surface area contributed by atoms with Crippen LogP contribution >= 0.6 is 15.9 Å². The highest BCUT2D eigenvalue weighted by atomic mass is 79.9. The third kappa shape index (κ3) is 2.11. The number of hydrogen-bond donors (Lipinski definition) is 1. The Kier molecular flexibility index (Phi) is 2.69. The molecule has 0 aliphatic heterocycles. The molecule has 2 atom stereocenters. The molecule has 4 heteroatoms. The number of nitrogens with two attached hydrogens (primary N) is 1. The zero-order valence-electron chi connectivity index (χ0n) is 7.49. The van der Waals surface area contributed by atoms with E-state index in [4.69, 9.17) is 5.73 Å². The summed E-state index contributed by atoms with van der Waals surface area (Å²) in [6.45, 7) is 0. The van der Waals surface area contributed by atoms with Crippen molar-refractivity contribution >= 4 is 15.9 Å². The molecule has 1 aromatic rings. The number of hydrogen-bond acceptors (Lipinski definition) is 2. The Morgan fingerprint density at radius 3 is 3.00 bits per heavy atom. The Balaban J connectivity index is 2.08. The molecular formula is C9H14BrN3.